The Hall–Kier alpha value is -3.08. The van der Waals surface area contributed by atoms with E-state index in [2.05, 4.69) is 27.8 Å². The summed E-state index contributed by atoms with van der Waals surface area (Å²) in [6.45, 7) is 10.4. The number of rotatable bonds is 13. The lowest BCUT2D eigenvalue weighted by Crippen LogP contribution is -2.46. The topological polar surface area (TPSA) is 232 Å². The van der Waals surface area contributed by atoms with Crippen LogP contribution in [0.25, 0.3) is 0 Å². The zero-order valence-electron chi connectivity index (χ0n) is 28.4. The highest BCUT2D eigenvalue weighted by Crippen LogP contribution is 2.42. The molecule has 17 nitrogen and oxygen atoms in total. The van der Waals surface area contributed by atoms with Crippen molar-refractivity contribution in [1.82, 2.24) is 20.3 Å². The maximum Gasteiger partial charge on any atom is 0.331 e. The third-order valence-electron chi connectivity index (χ3n) is 7.26. The Labute approximate surface area is 301 Å². The first-order valence-electron chi connectivity index (χ1n) is 15.6. The number of carbonyl (C=O) groups is 3. The Bertz CT molecular complexity index is 1680. The number of thiophene rings is 1. The molecule has 0 aromatic carbocycles. The van der Waals surface area contributed by atoms with Crippen molar-refractivity contribution in [2.45, 2.75) is 72.4 Å². The maximum absolute atomic E-state index is 12.9. The molecule has 1 aromatic heterocycles. The second-order valence-corrected chi connectivity index (χ2v) is 18.1. The third-order valence-corrected chi connectivity index (χ3v) is 13.2. The number of nitrogens with one attached hydrogen (secondary N) is 4. The van der Waals surface area contributed by atoms with Gasteiger partial charge < -0.3 is 34.5 Å². The van der Waals surface area contributed by atoms with Crippen molar-refractivity contribution in [2.24, 2.45) is 4.40 Å². The first kappa shape index (κ1) is 41.3. The van der Waals surface area contributed by atoms with E-state index in [-0.39, 0.29) is 51.3 Å². The van der Waals surface area contributed by atoms with Crippen molar-refractivity contribution in [3.63, 3.8) is 0 Å². The summed E-state index contributed by atoms with van der Waals surface area (Å²) in [6.07, 6.45) is 0.821. The first-order chi connectivity index (χ1) is 23.4. The highest BCUT2D eigenvalue weighted by molar-refractivity contribution is 7.95. The summed E-state index contributed by atoms with van der Waals surface area (Å²) in [4.78, 5) is 38.9. The molecule has 0 saturated carbocycles. The molecule has 1 amide bonds. The number of morpholine rings is 1. The number of carbonyl (C=O) groups excluding carboxylic acids is 3. The molecule has 0 aliphatic carbocycles. The summed E-state index contributed by atoms with van der Waals surface area (Å²) in [5.41, 5.74) is -0.0395. The van der Waals surface area contributed by atoms with Crippen LogP contribution in [0.1, 0.15) is 52.6 Å². The van der Waals surface area contributed by atoms with Crippen molar-refractivity contribution >= 4 is 73.6 Å². The number of sulfonamides is 1. The van der Waals surface area contributed by atoms with E-state index in [4.69, 9.17) is 24.4 Å². The Balaban J connectivity index is 1.55. The molecule has 0 bridgehead atoms. The van der Waals surface area contributed by atoms with Gasteiger partial charge in [0.05, 0.1) is 18.5 Å². The highest BCUT2D eigenvalue weighted by Gasteiger charge is 2.39. The SMILES string of the molecule is CCN[C@H]1C[C@H](C)S(=O)(=O)c2sc(S(=O)(=O)NC(=O)COC(=O)/C=C/C(=O)O[C@@H](CNC(C)(C)C)COC(=N)C(=NS)N3CCOCC3)cc21. The van der Waals surface area contributed by atoms with Gasteiger partial charge in [0, 0.05) is 48.9 Å². The van der Waals surface area contributed by atoms with Crippen LogP contribution in [0.2, 0.25) is 0 Å². The molecule has 50 heavy (non-hydrogen) atoms. The quantitative estimate of drug-likeness (QED) is 0.0612. The van der Waals surface area contributed by atoms with Gasteiger partial charge >= 0.3 is 11.9 Å². The zero-order valence-corrected chi connectivity index (χ0v) is 31.7. The van der Waals surface area contributed by atoms with Crippen molar-refractivity contribution in [3.05, 3.63) is 23.8 Å². The van der Waals surface area contributed by atoms with E-state index in [9.17, 15) is 31.2 Å². The Morgan fingerprint density at radius 1 is 1.20 bits per heavy atom. The number of sulfone groups is 1. The summed E-state index contributed by atoms with van der Waals surface area (Å²) in [5.74, 6) is -3.39. The number of fused-ring (bicyclic) bond motifs is 1. The van der Waals surface area contributed by atoms with Gasteiger partial charge in [-0.25, -0.2) is 31.1 Å². The van der Waals surface area contributed by atoms with Crippen LogP contribution in [0.3, 0.4) is 0 Å². The number of thiol groups is 1. The second kappa shape index (κ2) is 17.9. The van der Waals surface area contributed by atoms with Gasteiger partial charge in [0.25, 0.3) is 21.8 Å². The number of amides is 1. The van der Waals surface area contributed by atoms with Gasteiger partial charge in [-0.3, -0.25) is 10.2 Å². The first-order valence-corrected chi connectivity index (χ1v) is 19.9. The number of nitrogens with zero attached hydrogens (tertiary/aromatic N) is 2. The number of hydrogen-bond donors (Lipinski definition) is 5. The van der Waals surface area contributed by atoms with E-state index in [1.807, 2.05) is 27.7 Å². The van der Waals surface area contributed by atoms with Crippen LogP contribution >= 0.6 is 24.2 Å². The maximum atomic E-state index is 12.9. The van der Waals surface area contributed by atoms with Crippen molar-refractivity contribution in [3.8, 4) is 0 Å². The molecule has 1 saturated heterocycles. The predicted octanol–water partition coefficient (Wildman–Crippen LogP) is 0.738. The fourth-order valence-corrected chi connectivity index (χ4v) is 9.93. The average molecular weight is 781 g/mol. The molecule has 1 aromatic rings. The average Bonchev–Trinajstić information content (AvgIpc) is 3.52. The van der Waals surface area contributed by atoms with Crippen molar-refractivity contribution in [2.75, 3.05) is 52.6 Å². The van der Waals surface area contributed by atoms with Gasteiger partial charge in [0.2, 0.25) is 0 Å². The number of amidine groups is 1. The molecular weight excluding hydrogens is 737 g/mol. The van der Waals surface area contributed by atoms with Crippen LogP contribution < -0.4 is 15.4 Å². The van der Waals surface area contributed by atoms with Gasteiger partial charge in [-0.15, -0.1) is 11.3 Å². The summed E-state index contributed by atoms with van der Waals surface area (Å²) in [7, 11) is -8.25. The fourth-order valence-electron chi connectivity index (χ4n) is 4.75. The zero-order chi connectivity index (χ0) is 37.3. The Morgan fingerprint density at radius 2 is 1.86 bits per heavy atom. The van der Waals surface area contributed by atoms with Crippen molar-refractivity contribution in [1.29, 1.82) is 5.41 Å². The van der Waals surface area contributed by atoms with E-state index in [0.717, 1.165) is 6.08 Å². The van der Waals surface area contributed by atoms with Gasteiger partial charge in [-0.05, 0) is 59.5 Å². The molecule has 2 aliphatic rings. The molecule has 1 fully saturated rings. The van der Waals surface area contributed by atoms with E-state index in [1.165, 1.54) is 6.07 Å². The molecule has 21 heteroatoms. The van der Waals surface area contributed by atoms with Crippen LogP contribution in [-0.2, 0) is 53.2 Å². The second-order valence-electron chi connectivity index (χ2n) is 12.3. The number of hydrogen-bond acceptors (Lipinski definition) is 17. The lowest BCUT2D eigenvalue weighted by molar-refractivity contribution is -0.146. The van der Waals surface area contributed by atoms with E-state index >= 15 is 0 Å². The Kier molecular flexibility index (Phi) is 14.8. The van der Waals surface area contributed by atoms with E-state index < -0.39 is 55.7 Å². The van der Waals surface area contributed by atoms with Crippen molar-refractivity contribution < 1.29 is 50.2 Å². The third kappa shape index (κ3) is 11.7. The predicted molar refractivity (Wildman–Crippen MR) is 188 cm³/mol. The summed E-state index contributed by atoms with van der Waals surface area (Å²) in [6, 6.07) is 0.845. The molecule has 280 valence electrons. The van der Waals surface area contributed by atoms with Gasteiger partial charge in [-0.2, -0.15) is 4.40 Å². The molecule has 0 unspecified atom stereocenters. The minimum atomic E-state index is -4.50. The minimum absolute atomic E-state index is 0.0797. The smallest absolute Gasteiger partial charge is 0.331 e. The highest BCUT2D eigenvalue weighted by atomic mass is 32.3. The van der Waals surface area contributed by atoms with Crippen LogP contribution in [0, 0.1) is 5.41 Å². The molecule has 0 spiro atoms. The number of ether oxygens (including phenoxy) is 4. The molecule has 4 N–H and O–H groups in total. The molecule has 3 rings (SSSR count). The Morgan fingerprint density at radius 3 is 2.48 bits per heavy atom. The van der Waals surface area contributed by atoms with E-state index in [1.54, 1.807) is 16.5 Å². The van der Waals surface area contributed by atoms with Crippen LogP contribution in [-0.4, -0.2) is 121 Å². The molecule has 3 heterocycles. The fraction of sp³-hybridized carbons (Fsp3) is 0.621. The van der Waals surface area contributed by atoms with Crippen LogP contribution in [0.5, 0.6) is 0 Å². The molecule has 2 aliphatic heterocycles. The van der Waals surface area contributed by atoms with Gasteiger partial charge in [0.15, 0.2) is 22.3 Å². The van der Waals surface area contributed by atoms with Crippen LogP contribution in [0.4, 0.5) is 0 Å². The minimum Gasteiger partial charge on any atom is -0.471 e. The summed E-state index contributed by atoms with van der Waals surface area (Å²) < 4.78 is 77.8. The van der Waals surface area contributed by atoms with E-state index in [0.29, 0.717) is 55.8 Å². The summed E-state index contributed by atoms with van der Waals surface area (Å²) >= 11 is 4.49. The normalized spacial score (nSPS) is 20.1. The molecule has 0 radical (unpaired) electrons. The monoisotopic (exact) mass is 780 g/mol. The lowest BCUT2D eigenvalue weighted by atomic mass is 10.1. The lowest BCUT2D eigenvalue weighted by Gasteiger charge is -2.30. The van der Waals surface area contributed by atoms with Gasteiger partial charge in [0.1, 0.15) is 21.1 Å². The number of esters is 2. The van der Waals surface area contributed by atoms with Gasteiger partial charge in [-0.1, -0.05) is 6.92 Å². The largest absolute Gasteiger partial charge is 0.471 e. The standard InChI is InChI=1S/C29H44N6O11S4/c1-6-31-21-13-18(2)49(39,40)28-20(21)14-25(48-28)50(41,42)34-22(36)17-44-23(37)7-8-24(38)46-19(15-32-29(3,4)5)16-45-26(30)27(33-47)35-9-11-43-12-10-35/h7-8,14,18-19,21,30-32,47H,6,9-13,15-17H2,1-5H3,(H,34,36)/b8-7+,30-26?,33-27?/t18-,19-,21-/m0/s1. The summed E-state index contributed by atoms with van der Waals surface area (Å²) in [5, 5.41) is 13.9. The van der Waals surface area contributed by atoms with Crippen LogP contribution in [0.15, 0.2) is 31.0 Å². The molecule has 3 atom stereocenters. The molecular formula is C29H44N6O11S4.